The van der Waals surface area contributed by atoms with E-state index in [4.69, 9.17) is 4.42 Å². The second-order valence-corrected chi connectivity index (χ2v) is 6.69. The molecule has 1 unspecified atom stereocenters. The molecule has 8 heteroatoms. The molecule has 25 heavy (non-hydrogen) atoms. The lowest BCUT2D eigenvalue weighted by molar-refractivity contribution is -0.119. The van der Waals surface area contributed by atoms with Gasteiger partial charge in [0.05, 0.1) is 6.26 Å². The lowest BCUT2D eigenvalue weighted by Crippen LogP contribution is -2.52. The van der Waals surface area contributed by atoms with Gasteiger partial charge >= 0.3 is 0 Å². The Morgan fingerprint density at radius 2 is 2.28 bits per heavy atom. The Morgan fingerprint density at radius 1 is 1.44 bits per heavy atom. The maximum atomic E-state index is 11.8. The van der Waals surface area contributed by atoms with Crippen molar-refractivity contribution in [2.24, 2.45) is 10.4 Å². The topological polar surface area (TPSA) is 99.0 Å². The molecule has 2 amide bonds. The number of carbonyl (C=O) groups excluding carboxylic acids is 2. The Balaban J connectivity index is 1.46. The molecule has 3 heterocycles. The molecule has 8 nitrogen and oxygen atoms in total. The normalized spacial score (nSPS) is 23.6. The van der Waals surface area contributed by atoms with E-state index < -0.39 is 0 Å². The molecule has 3 rings (SSSR count). The van der Waals surface area contributed by atoms with Crippen LogP contribution < -0.4 is 16.0 Å². The van der Waals surface area contributed by atoms with Crippen LogP contribution in [0.5, 0.6) is 0 Å². The molecule has 3 N–H and O–H groups in total. The summed E-state index contributed by atoms with van der Waals surface area (Å²) in [5.74, 6) is 1.03. The molecular formula is C17H25N5O3. The minimum atomic E-state index is -0.228. The van der Waals surface area contributed by atoms with E-state index in [1.165, 1.54) is 6.26 Å². The Bertz CT molecular complexity index is 643. The van der Waals surface area contributed by atoms with Gasteiger partial charge in [0.15, 0.2) is 11.7 Å². The molecule has 136 valence electrons. The van der Waals surface area contributed by atoms with Gasteiger partial charge in [-0.15, -0.1) is 0 Å². The van der Waals surface area contributed by atoms with Gasteiger partial charge in [0.25, 0.3) is 5.91 Å². The van der Waals surface area contributed by atoms with Crippen LogP contribution in [0.25, 0.3) is 0 Å². The van der Waals surface area contributed by atoms with Crippen LogP contribution >= 0.6 is 0 Å². The van der Waals surface area contributed by atoms with Gasteiger partial charge in [0, 0.05) is 51.6 Å². The highest BCUT2D eigenvalue weighted by molar-refractivity contribution is 5.91. The number of hydrogen-bond acceptors (Lipinski definition) is 4. The monoisotopic (exact) mass is 347 g/mol. The summed E-state index contributed by atoms with van der Waals surface area (Å²) in [6, 6.07) is 3.32. The maximum absolute atomic E-state index is 11.8. The van der Waals surface area contributed by atoms with Crippen LogP contribution in [0.4, 0.5) is 0 Å². The molecule has 2 saturated heterocycles. The molecular weight excluding hydrogens is 322 g/mol. The fourth-order valence-electron chi connectivity index (χ4n) is 3.61. The summed E-state index contributed by atoms with van der Waals surface area (Å²) in [5.41, 5.74) is 0.0282. The Labute approximate surface area is 147 Å². The summed E-state index contributed by atoms with van der Waals surface area (Å²) in [7, 11) is 1.75. The third kappa shape index (κ3) is 4.12. The van der Waals surface area contributed by atoms with Gasteiger partial charge in [-0.05, 0) is 25.0 Å². The molecule has 1 aromatic heterocycles. The first-order valence-corrected chi connectivity index (χ1v) is 8.66. The van der Waals surface area contributed by atoms with Crippen LogP contribution in [0, 0.1) is 5.41 Å². The predicted octanol–water partition coefficient (Wildman–Crippen LogP) is 0.187. The number of nitrogens with one attached hydrogen (secondary N) is 3. The highest BCUT2D eigenvalue weighted by atomic mass is 16.3. The van der Waals surface area contributed by atoms with E-state index in [1.54, 1.807) is 19.2 Å². The highest BCUT2D eigenvalue weighted by Crippen LogP contribution is 2.35. The summed E-state index contributed by atoms with van der Waals surface area (Å²) < 4.78 is 5.05. The Morgan fingerprint density at radius 3 is 2.96 bits per heavy atom. The smallest absolute Gasteiger partial charge is 0.287 e. The quantitative estimate of drug-likeness (QED) is 0.410. The number of aliphatic imine (C=N–C) groups is 1. The minimum Gasteiger partial charge on any atom is -0.459 e. The molecule has 0 radical (unpaired) electrons. The summed E-state index contributed by atoms with van der Waals surface area (Å²) >= 11 is 0. The van der Waals surface area contributed by atoms with Crippen LogP contribution in [-0.4, -0.2) is 62.4 Å². The zero-order chi connectivity index (χ0) is 17.7. The third-order valence-corrected chi connectivity index (χ3v) is 4.81. The number of amides is 2. The second kappa shape index (κ2) is 7.58. The van der Waals surface area contributed by atoms with Crippen LogP contribution in [0.3, 0.4) is 0 Å². The van der Waals surface area contributed by atoms with Crippen molar-refractivity contribution in [1.29, 1.82) is 0 Å². The van der Waals surface area contributed by atoms with Crippen molar-refractivity contribution in [3.8, 4) is 0 Å². The summed E-state index contributed by atoms with van der Waals surface area (Å²) in [4.78, 5) is 30.0. The first-order chi connectivity index (χ1) is 12.1. The standard InChI is InChI=1S/C17H25N5O3/c1-18-16(20-7-6-19-15(24)13-4-2-9-25-13)22-8-3-5-17(12-22)10-14(23)21-11-17/h2,4,9H,3,5-8,10-12H2,1H3,(H,18,20)(H,19,24)(H,21,23). The van der Waals surface area contributed by atoms with E-state index in [1.807, 2.05) is 0 Å². The van der Waals surface area contributed by atoms with E-state index in [0.717, 1.165) is 38.4 Å². The van der Waals surface area contributed by atoms with Gasteiger partial charge in [-0.3, -0.25) is 14.6 Å². The Hall–Kier alpha value is -2.51. The molecule has 2 aliphatic rings. The first-order valence-electron chi connectivity index (χ1n) is 8.66. The molecule has 2 aliphatic heterocycles. The van der Waals surface area contributed by atoms with E-state index in [9.17, 15) is 9.59 Å². The van der Waals surface area contributed by atoms with Gasteiger partial charge in [-0.2, -0.15) is 0 Å². The molecule has 0 saturated carbocycles. The first kappa shape index (κ1) is 17.3. The average molecular weight is 347 g/mol. The number of guanidine groups is 1. The minimum absolute atomic E-state index is 0.0282. The average Bonchev–Trinajstić information content (AvgIpc) is 3.25. The van der Waals surface area contributed by atoms with Crippen molar-refractivity contribution in [3.63, 3.8) is 0 Å². The lowest BCUT2D eigenvalue weighted by Gasteiger charge is -2.40. The lowest BCUT2D eigenvalue weighted by atomic mass is 9.79. The van der Waals surface area contributed by atoms with Gasteiger partial charge in [0.1, 0.15) is 0 Å². The van der Waals surface area contributed by atoms with Gasteiger partial charge < -0.3 is 25.3 Å². The number of rotatable bonds is 4. The summed E-state index contributed by atoms with van der Waals surface area (Å²) in [5, 5.41) is 9.03. The number of carbonyl (C=O) groups is 2. The summed E-state index contributed by atoms with van der Waals surface area (Å²) in [6.07, 6.45) is 4.19. The van der Waals surface area contributed by atoms with E-state index in [-0.39, 0.29) is 17.2 Å². The van der Waals surface area contributed by atoms with Crippen molar-refractivity contribution in [2.75, 3.05) is 39.8 Å². The highest BCUT2D eigenvalue weighted by Gasteiger charge is 2.42. The molecule has 2 fully saturated rings. The van der Waals surface area contributed by atoms with Gasteiger partial charge in [-0.25, -0.2) is 0 Å². The van der Waals surface area contributed by atoms with Gasteiger partial charge in [0.2, 0.25) is 5.91 Å². The molecule has 0 aliphatic carbocycles. The van der Waals surface area contributed by atoms with Crippen LogP contribution in [0.1, 0.15) is 29.8 Å². The van der Waals surface area contributed by atoms with Crippen LogP contribution in [0.2, 0.25) is 0 Å². The fraction of sp³-hybridized carbons (Fsp3) is 0.588. The number of piperidine rings is 1. The SMILES string of the molecule is CN=C(NCCNC(=O)c1ccco1)N1CCCC2(CNC(=O)C2)C1. The fourth-order valence-corrected chi connectivity index (χ4v) is 3.61. The van der Waals surface area contributed by atoms with Crippen molar-refractivity contribution in [3.05, 3.63) is 24.2 Å². The largest absolute Gasteiger partial charge is 0.459 e. The van der Waals surface area contributed by atoms with Crippen molar-refractivity contribution >= 4 is 17.8 Å². The second-order valence-electron chi connectivity index (χ2n) is 6.69. The molecule has 0 bridgehead atoms. The number of hydrogen-bond donors (Lipinski definition) is 3. The van der Waals surface area contributed by atoms with Gasteiger partial charge in [-0.1, -0.05) is 0 Å². The molecule has 0 aromatic carbocycles. The predicted molar refractivity (Wildman–Crippen MR) is 93.3 cm³/mol. The van der Waals surface area contributed by atoms with Crippen LogP contribution in [-0.2, 0) is 4.79 Å². The zero-order valence-corrected chi connectivity index (χ0v) is 14.5. The molecule has 1 aromatic rings. The van der Waals surface area contributed by atoms with Crippen molar-refractivity contribution in [2.45, 2.75) is 19.3 Å². The van der Waals surface area contributed by atoms with E-state index in [0.29, 0.717) is 25.3 Å². The number of likely N-dealkylation sites (tertiary alicyclic amines) is 1. The zero-order valence-electron chi connectivity index (χ0n) is 14.5. The van der Waals surface area contributed by atoms with Crippen molar-refractivity contribution < 1.29 is 14.0 Å². The van der Waals surface area contributed by atoms with Crippen LogP contribution in [0.15, 0.2) is 27.8 Å². The molecule has 1 spiro atoms. The van der Waals surface area contributed by atoms with E-state index >= 15 is 0 Å². The van der Waals surface area contributed by atoms with E-state index in [2.05, 4.69) is 25.8 Å². The maximum Gasteiger partial charge on any atom is 0.287 e. The van der Waals surface area contributed by atoms with Crippen molar-refractivity contribution in [1.82, 2.24) is 20.9 Å². The third-order valence-electron chi connectivity index (χ3n) is 4.81. The number of furan rings is 1. The number of nitrogens with zero attached hydrogens (tertiary/aromatic N) is 2. The summed E-state index contributed by atoms with van der Waals surface area (Å²) in [6.45, 7) is 3.54. The Kier molecular flexibility index (Phi) is 5.25. The molecule has 1 atom stereocenters.